The van der Waals surface area contributed by atoms with Crippen molar-refractivity contribution in [3.05, 3.63) is 105 Å². The van der Waals surface area contributed by atoms with Gasteiger partial charge in [0, 0.05) is 19.2 Å². The average molecular weight is 529 g/mol. The van der Waals surface area contributed by atoms with Crippen molar-refractivity contribution in [1.29, 1.82) is 0 Å². The van der Waals surface area contributed by atoms with Gasteiger partial charge in [0.2, 0.25) is 0 Å². The minimum atomic E-state index is -2.25. The van der Waals surface area contributed by atoms with E-state index >= 15 is 4.39 Å². The second kappa shape index (κ2) is 11.8. The Morgan fingerprint density at radius 1 is 1.03 bits per heavy atom. The maximum atomic E-state index is 15.0. The first-order valence-corrected chi connectivity index (χ1v) is 12.0. The molecule has 0 spiro atoms. The summed E-state index contributed by atoms with van der Waals surface area (Å²) in [6.07, 6.45) is -1.94. The number of halogens is 1. The lowest BCUT2D eigenvalue weighted by Gasteiger charge is -2.36. The van der Waals surface area contributed by atoms with Gasteiger partial charge in [-0.2, -0.15) is 0 Å². The van der Waals surface area contributed by atoms with E-state index in [-0.39, 0.29) is 19.8 Å². The van der Waals surface area contributed by atoms with Crippen molar-refractivity contribution in [3.63, 3.8) is 0 Å². The van der Waals surface area contributed by atoms with Gasteiger partial charge in [-0.15, -0.1) is 0 Å². The highest BCUT2D eigenvalue weighted by molar-refractivity contribution is 5.66. The summed E-state index contributed by atoms with van der Waals surface area (Å²) in [5.74, 6) is -0.717. The topological polar surface area (TPSA) is 129 Å². The number of hydrogen-bond acceptors (Lipinski definition) is 8. The van der Waals surface area contributed by atoms with Gasteiger partial charge in [-0.05, 0) is 11.1 Å². The van der Waals surface area contributed by atoms with E-state index in [2.05, 4.69) is 4.98 Å². The molecule has 10 nitrogen and oxygen atoms in total. The molecule has 1 aliphatic rings. The number of benzene rings is 2. The summed E-state index contributed by atoms with van der Waals surface area (Å²) in [5, 5.41) is 12.0. The first kappa shape index (κ1) is 27.4. The fourth-order valence-corrected chi connectivity index (χ4v) is 4.46. The average Bonchev–Trinajstić information content (AvgIpc) is 3.15. The first-order valence-electron chi connectivity index (χ1n) is 12.0. The molecule has 4 atom stereocenters. The van der Waals surface area contributed by atoms with Crippen LogP contribution in [0.3, 0.4) is 0 Å². The Morgan fingerprint density at radius 3 is 2.24 bits per heavy atom. The van der Waals surface area contributed by atoms with E-state index in [1.54, 1.807) is 24.3 Å². The number of aliphatic hydroxyl groups is 1. The van der Waals surface area contributed by atoms with Crippen LogP contribution < -0.4 is 11.2 Å². The van der Waals surface area contributed by atoms with Gasteiger partial charge < -0.3 is 24.1 Å². The van der Waals surface area contributed by atoms with Gasteiger partial charge in [0.25, 0.3) is 5.56 Å². The molecular formula is C27H29FN2O8. The SMILES string of the molecule is CC(=O)OC[C@]1(O)[C@H](OCc2ccccc2)[C@@](CF)(COCc2ccccc2)O[C@H]1n1ccc(=O)[nH]c1=O. The van der Waals surface area contributed by atoms with Crippen molar-refractivity contribution in [1.82, 2.24) is 9.55 Å². The van der Waals surface area contributed by atoms with Crippen molar-refractivity contribution in [2.45, 2.75) is 43.7 Å². The largest absolute Gasteiger partial charge is 0.463 e. The van der Waals surface area contributed by atoms with Crippen molar-refractivity contribution in [3.8, 4) is 0 Å². The Balaban J connectivity index is 1.73. The number of rotatable bonds is 11. The zero-order chi connectivity index (χ0) is 27.2. The van der Waals surface area contributed by atoms with E-state index in [1.807, 2.05) is 36.4 Å². The quantitative estimate of drug-likeness (QED) is 0.361. The molecule has 0 radical (unpaired) electrons. The number of carbonyl (C=O) groups excluding carboxylic acids is 1. The summed E-state index contributed by atoms with van der Waals surface area (Å²) in [6.45, 7) is -1.01. The van der Waals surface area contributed by atoms with E-state index in [4.69, 9.17) is 18.9 Å². The van der Waals surface area contributed by atoms with Crippen LogP contribution in [0.5, 0.6) is 0 Å². The molecule has 1 aliphatic heterocycles. The molecule has 4 rings (SSSR count). The monoisotopic (exact) mass is 528 g/mol. The van der Waals surface area contributed by atoms with Gasteiger partial charge in [0.05, 0.1) is 19.8 Å². The molecule has 202 valence electrons. The lowest BCUT2D eigenvalue weighted by atomic mass is 9.87. The van der Waals surface area contributed by atoms with E-state index in [9.17, 15) is 19.5 Å². The van der Waals surface area contributed by atoms with Crippen LogP contribution >= 0.6 is 0 Å². The normalized spacial score (nSPS) is 24.8. The maximum Gasteiger partial charge on any atom is 0.330 e. The lowest BCUT2D eigenvalue weighted by molar-refractivity contribution is -0.177. The van der Waals surface area contributed by atoms with Crippen LogP contribution in [-0.2, 0) is 37.0 Å². The van der Waals surface area contributed by atoms with Crippen molar-refractivity contribution in [2.75, 3.05) is 19.9 Å². The maximum absolute atomic E-state index is 15.0. The minimum Gasteiger partial charge on any atom is -0.463 e. The summed E-state index contributed by atoms with van der Waals surface area (Å²) >= 11 is 0. The van der Waals surface area contributed by atoms with Crippen LogP contribution in [0, 0.1) is 0 Å². The zero-order valence-corrected chi connectivity index (χ0v) is 20.7. The lowest BCUT2D eigenvalue weighted by Crippen LogP contribution is -2.58. The molecule has 1 aromatic heterocycles. The molecule has 0 unspecified atom stereocenters. The van der Waals surface area contributed by atoms with Crippen molar-refractivity contribution < 1.29 is 33.2 Å². The molecule has 2 aromatic carbocycles. The van der Waals surface area contributed by atoms with Crippen LogP contribution in [0.1, 0.15) is 24.3 Å². The number of aromatic amines is 1. The highest BCUT2D eigenvalue weighted by Crippen LogP contribution is 2.47. The highest BCUT2D eigenvalue weighted by Gasteiger charge is 2.66. The summed E-state index contributed by atoms with van der Waals surface area (Å²) in [5.41, 5.74) is -4.18. The smallest absolute Gasteiger partial charge is 0.330 e. The van der Waals surface area contributed by atoms with Gasteiger partial charge in [-0.1, -0.05) is 60.7 Å². The Labute approximate surface area is 217 Å². The fraction of sp³-hybridized carbons (Fsp3) is 0.370. The molecule has 0 saturated carbocycles. The Kier molecular flexibility index (Phi) is 8.52. The van der Waals surface area contributed by atoms with E-state index in [0.29, 0.717) is 0 Å². The summed E-state index contributed by atoms with van der Waals surface area (Å²) in [4.78, 5) is 38.2. The van der Waals surface area contributed by atoms with Crippen LogP contribution in [0.15, 0.2) is 82.5 Å². The number of alkyl halides is 1. The highest BCUT2D eigenvalue weighted by atomic mass is 19.1. The number of esters is 1. The third-order valence-corrected chi connectivity index (χ3v) is 6.26. The number of H-pyrrole nitrogens is 1. The number of nitrogens with one attached hydrogen (secondary N) is 1. The third kappa shape index (κ3) is 5.91. The molecule has 2 N–H and O–H groups in total. The second-order valence-corrected chi connectivity index (χ2v) is 9.11. The van der Waals surface area contributed by atoms with Gasteiger partial charge in [0.15, 0.2) is 17.4 Å². The van der Waals surface area contributed by atoms with Crippen molar-refractivity contribution >= 4 is 5.97 Å². The second-order valence-electron chi connectivity index (χ2n) is 9.11. The van der Waals surface area contributed by atoms with Crippen LogP contribution in [0.4, 0.5) is 4.39 Å². The van der Waals surface area contributed by atoms with Crippen LogP contribution in [0.25, 0.3) is 0 Å². The van der Waals surface area contributed by atoms with Crippen LogP contribution in [-0.4, -0.2) is 57.8 Å². The molecular weight excluding hydrogens is 499 g/mol. The predicted octanol–water partition coefficient (Wildman–Crippen LogP) is 1.87. The standard InChI is InChI=1S/C27H29FN2O8/c1-19(31)37-18-27(34)23(36-15-21-10-6-3-7-11-21)26(16-28,17-35-14-20-8-4-2-5-9-20)38-24(27)30-13-12-22(32)29-25(30)33/h2-13,23-24,34H,14-18H2,1H3,(H,29,32,33)/t23-,24-,26-,27+/m1/s1. The number of hydrogen-bond donors (Lipinski definition) is 2. The first-order chi connectivity index (χ1) is 18.3. The molecule has 11 heteroatoms. The van der Waals surface area contributed by atoms with E-state index < -0.39 is 54.0 Å². The minimum absolute atomic E-state index is 0.0507. The van der Waals surface area contributed by atoms with E-state index in [0.717, 1.165) is 34.9 Å². The Bertz CT molecular complexity index is 1330. The number of carbonyl (C=O) groups is 1. The molecule has 0 amide bonds. The molecule has 2 heterocycles. The summed E-state index contributed by atoms with van der Waals surface area (Å²) in [7, 11) is 0. The van der Waals surface area contributed by atoms with Gasteiger partial charge >= 0.3 is 11.7 Å². The molecule has 38 heavy (non-hydrogen) atoms. The number of aromatic nitrogens is 2. The van der Waals surface area contributed by atoms with Gasteiger partial charge in [0.1, 0.15) is 19.4 Å². The molecule has 3 aromatic rings. The van der Waals surface area contributed by atoms with Gasteiger partial charge in [-0.3, -0.25) is 19.1 Å². The van der Waals surface area contributed by atoms with Crippen molar-refractivity contribution in [2.24, 2.45) is 0 Å². The Morgan fingerprint density at radius 2 is 1.66 bits per heavy atom. The summed E-state index contributed by atoms with van der Waals surface area (Å²) < 4.78 is 39.0. The molecule has 1 saturated heterocycles. The number of nitrogens with zero attached hydrogens (tertiary/aromatic N) is 1. The third-order valence-electron chi connectivity index (χ3n) is 6.26. The molecule has 1 fully saturated rings. The van der Waals surface area contributed by atoms with E-state index in [1.165, 1.54) is 0 Å². The van der Waals surface area contributed by atoms with Gasteiger partial charge in [-0.25, -0.2) is 9.18 Å². The number of ether oxygens (including phenoxy) is 4. The predicted molar refractivity (Wildman–Crippen MR) is 133 cm³/mol. The molecule has 0 aliphatic carbocycles. The molecule has 0 bridgehead atoms. The Hall–Kier alpha value is -3.64. The zero-order valence-electron chi connectivity index (χ0n) is 20.7. The summed E-state index contributed by atoms with van der Waals surface area (Å²) in [6, 6.07) is 19.2. The van der Waals surface area contributed by atoms with Crippen LogP contribution in [0.2, 0.25) is 0 Å². The fourth-order valence-electron chi connectivity index (χ4n) is 4.46.